The third-order valence-corrected chi connectivity index (χ3v) is 3.32. The minimum Gasteiger partial charge on any atom is -0.438 e. The number of rotatable bonds is 11. The molecule has 0 bridgehead atoms. The molecule has 8 heteroatoms. The van der Waals surface area contributed by atoms with E-state index in [9.17, 15) is 9.59 Å². The van der Waals surface area contributed by atoms with Gasteiger partial charge in [0.1, 0.15) is 0 Å². The Morgan fingerprint density at radius 3 is 1.18 bits per heavy atom. The van der Waals surface area contributed by atoms with Crippen molar-refractivity contribution in [3.05, 3.63) is 12.7 Å². The average Bonchev–Trinajstić information content (AvgIpc) is 2.67. The molecule has 0 heterocycles. The van der Waals surface area contributed by atoms with Gasteiger partial charge >= 0.3 is 11.9 Å². The normalized spacial score (nSPS) is 9.16. The third kappa shape index (κ3) is 93.0. The molecule has 0 saturated heterocycles. The number of aliphatic hydroxyl groups excluding tert-OH is 1. The van der Waals surface area contributed by atoms with E-state index in [0.717, 1.165) is 25.3 Å². The summed E-state index contributed by atoms with van der Waals surface area (Å²) in [5.74, 6) is -0.665. The van der Waals surface area contributed by atoms with Crippen molar-refractivity contribution < 1.29 is 33.6 Å². The van der Waals surface area contributed by atoms with Crippen LogP contribution in [0, 0.1) is 0 Å². The fraction of sp³-hybridized carbons (Fsp3) is 0.867. The summed E-state index contributed by atoms with van der Waals surface area (Å²) < 4.78 is 19.5. The quantitative estimate of drug-likeness (QED) is 0.126. The third-order valence-electron chi connectivity index (χ3n) is 3.32. The Labute approximate surface area is 238 Å². The van der Waals surface area contributed by atoms with Gasteiger partial charge in [-0.2, -0.15) is 0 Å². The van der Waals surface area contributed by atoms with E-state index < -0.39 is 5.97 Å². The van der Waals surface area contributed by atoms with E-state index in [1.54, 1.807) is 13.8 Å². The molecule has 0 aliphatic heterocycles. The van der Waals surface area contributed by atoms with Crippen molar-refractivity contribution in [1.29, 1.82) is 0 Å². The van der Waals surface area contributed by atoms with Crippen LogP contribution in [0.4, 0.5) is 0 Å². The van der Waals surface area contributed by atoms with Gasteiger partial charge in [-0.25, -0.2) is 4.79 Å². The van der Waals surface area contributed by atoms with E-state index in [1.807, 2.05) is 34.6 Å². The number of hydrogen-bond donors (Lipinski definition) is 1. The van der Waals surface area contributed by atoms with Crippen LogP contribution >= 0.6 is 0 Å². The van der Waals surface area contributed by atoms with Crippen LogP contribution in [0.15, 0.2) is 12.7 Å². The largest absolute Gasteiger partial charge is 0.438 e. The zero-order valence-corrected chi connectivity index (χ0v) is 25.3. The van der Waals surface area contributed by atoms with E-state index in [2.05, 4.69) is 11.3 Å². The molecule has 0 aromatic carbocycles. The van der Waals surface area contributed by atoms with Crippen molar-refractivity contribution in [2.45, 2.75) is 167 Å². The minimum atomic E-state index is -0.451. The molecule has 0 aromatic rings. The first-order valence-electron chi connectivity index (χ1n) is 9.54. The second-order valence-corrected chi connectivity index (χ2v) is 5.80. The number of aliphatic hydroxyl groups is 1. The summed E-state index contributed by atoms with van der Waals surface area (Å²) in [5.41, 5.74) is 0. The van der Waals surface area contributed by atoms with Gasteiger partial charge < -0.3 is 24.1 Å². The van der Waals surface area contributed by atoms with Crippen LogP contribution in [0.5, 0.6) is 0 Å². The fourth-order valence-electron chi connectivity index (χ4n) is 0.821. The Bertz CT molecular complexity index is 367. The summed E-state index contributed by atoms with van der Waals surface area (Å²) in [7, 11) is 0. The second-order valence-electron chi connectivity index (χ2n) is 5.80. The van der Waals surface area contributed by atoms with E-state index in [0.29, 0.717) is 6.42 Å². The van der Waals surface area contributed by atoms with E-state index in [4.69, 9.17) is 19.3 Å². The van der Waals surface area contributed by atoms with Crippen molar-refractivity contribution in [2.75, 3.05) is 13.6 Å². The molecule has 0 saturated carbocycles. The Morgan fingerprint density at radius 1 is 0.684 bits per heavy atom. The number of carbonyl (C=O) groups is 2. The van der Waals surface area contributed by atoms with E-state index in [1.165, 1.54) is 0 Å². The van der Waals surface area contributed by atoms with Crippen molar-refractivity contribution in [1.82, 2.24) is 0 Å². The number of carbonyl (C=O) groups excluding carboxylic acids is 2. The Balaban J connectivity index is -0.0000000172. The first-order chi connectivity index (χ1) is 12.7. The maximum Gasteiger partial charge on any atom is 0.332 e. The predicted octanol–water partition coefficient (Wildman–Crippen LogP) is 10.3. The molecule has 1 N–H and O–H groups in total. The van der Waals surface area contributed by atoms with Crippen molar-refractivity contribution in [2.24, 2.45) is 0 Å². The molecule has 0 spiro atoms. The van der Waals surface area contributed by atoms with Gasteiger partial charge in [0.15, 0.2) is 13.6 Å². The molecule has 0 aliphatic carbocycles. The first kappa shape index (κ1) is 91.4. The van der Waals surface area contributed by atoms with Gasteiger partial charge in [-0.3, -0.25) is 4.79 Å². The predicted molar refractivity (Wildman–Crippen MR) is 173 cm³/mol. The van der Waals surface area contributed by atoms with Crippen LogP contribution in [-0.4, -0.2) is 48.9 Å². The zero-order valence-electron chi connectivity index (χ0n) is 18.9. The summed E-state index contributed by atoms with van der Waals surface area (Å²) in [5, 5.41) is 8.36. The summed E-state index contributed by atoms with van der Waals surface area (Å²) in [6, 6.07) is 0. The molecule has 3 atom stereocenters. The van der Waals surface area contributed by atoms with E-state index in [-0.39, 0.29) is 112 Å². The molecule has 244 valence electrons. The summed E-state index contributed by atoms with van der Waals surface area (Å²) >= 11 is 0. The second kappa shape index (κ2) is 70.1. The maximum atomic E-state index is 10.6. The molecule has 0 amide bonds. The number of hydrogen-bond acceptors (Lipinski definition) is 7. The zero-order chi connectivity index (χ0) is 21.7. The molecular weight excluding hydrogens is 739 g/mol. The van der Waals surface area contributed by atoms with Crippen LogP contribution in [0.25, 0.3) is 0 Å². The van der Waals surface area contributed by atoms with Gasteiger partial charge in [0.25, 0.3) is 0 Å². The Morgan fingerprint density at radius 2 is 0.974 bits per heavy atom. The van der Waals surface area contributed by atoms with Crippen LogP contribution in [0.2, 0.25) is 0 Å². The number of ether oxygens (including phenoxy) is 4. The average molecular weight is 820 g/mol. The standard InChI is InChI=1S/C8H16O3.C8H14O3.C4H10O.10CH4.Rf/c2*1-4-7(3)10-6-11-8(9)5-2;1-3-4(2)5;;;;;;;;;;;/h7H,4-6H2,1-3H3;5,7H,2,4,6H2,1,3H3;4-5H,3H2,1-2H3;10*1H4;. The van der Waals surface area contributed by atoms with Crippen molar-refractivity contribution in [3.63, 3.8) is 0 Å². The Hall–Kier alpha value is -2.44. The first-order valence-corrected chi connectivity index (χ1v) is 9.54. The van der Waals surface area contributed by atoms with Gasteiger partial charge in [-0.1, -0.05) is 109 Å². The monoisotopic (exact) mass is 820 g/mol. The molecule has 7 nitrogen and oxygen atoms in total. The van der Waals surface area contributed by atoms with Gasteiger partial charge in [0, 0.05) is 12.5 Å². The van der Waals surface area contributed by atoms with Crippen molar-refractivity contribution in [3.8, 4) is 0 Å². The molecule has 0 rings (SSSR count). The summed E-state index contributed by atoms with van der Waals surface area (Å²) in [4.78, 5) is 21.0. The van der Waals surface area contributed by atoms with Gasteiger partial charge in [-0.15, -0.1) is 0 Å². The summed E-state index contributed by atoms with van der Waals surface area (Å²) in [6.45, 7) is 16.7. The molecular formula is C30H80O7Rf. The SMILES string of the molecule is C.C.C.C.C.C.C.C.C.C.C=CC(=O)OCOC(C)CC.CCC(=O)OCOC(C)CC.CCC(C)O.[Rf]. The summed E-state index contributed by atoms with van der Waals surface area (Å²) in [6.07, 6.45) is 4.40. The van der Waals surface area contributed by atoms with Crippen LogP contribution in [0.3, 0.4) is 0 Å². The van der Waals surface area contributed by atoms with Gasteiger partial charge in [0.05, 0.1) is 18.3 Å². The fourth-order valence-corrected chi connectivity index (χ4v) is 0.821. The Kier molecular flexibility index (Phi) is 169. The minimum absolute atomic E-state index is 0. The molecule has 3 unspecified atom stereocenters. The molecule has 0 aliphatic rings. The van der Waals surface area contributed by atoms with Gasteiger partial charge in [-0.05, 0) is 40.0 Å². The van der Waals surface area contributed by atoms with Crippen LogP contribution < -0.4 is 0 Å². The topological polar surface area (TPSA) is 91.3 Å². The van der Waals surface area contributed by atoms with E-state index >= 15 is 0 Å². The molecule has 38 heavy (non-hydrogen) atoms. The molecule has 0 radical (unpaired) electrons. The number of esters is 2. The molecule has 0 fully saturated rings. The van der Waals surface area contributed by atoms with Crippen LogP contribution in [0.1, 0.15) is 148 Å². The smallest absolute Gasteiger partial charge is 0.332 e. The maximum absolute atomic E-state index is 10.6. The molecule has 0 aromatic heterocycles. The van der Waals surface area contributed by atoms with Crippen LogP contribution in [-0.2, 0) is 28.5 Å². The van der Waals surface area contributed by atoms with Gasteiger partial charge in [0.2, 0.25) is 0 Å². The van der Waals surface area contributed by atoms with Crippen molar-refractivity contribution >= 4 is 11.9 Å².